The summed E-state index contributed by atoms with van der Waals surface area (Å²) in [6, 6.07) is 22.6. The first-order valence-corrected chi connectivity index (χ1v) is 20.2. The summed E-state index contributed by atoms with van der Waals surface area (Å²) in [6.07, 6.45) is 17.4. The molecule has 1 aromatic heterocycles. The number of benzene rings is 4. The van der Waals surface area contributed by atoms with Gasteiger partial charge in [-0.25, -0.2) is 8.42 Å². The monoisotopic (exact) mass is 765 g/mol. The van der Waals surface area contributed by atoms with E-state index >= 15 is 0 Å². The molecule has 7 rings (SSSR count). The van der Waals surface area contributed by atoms with Crippen molar-refractivity contribution < 1.29 is 32.2 Å². The van der Waals surface area contributed by atoms with Crippen LogP contribution in [0.5, 0.6) is 0 Å². The van der Waals surface area contributed by atoms with Gasteiger partial charge >= 0.3 is 0 Å². The number of aryl methyl sites for hydroxylation is 1. The van der Waals surface area contributed by atoms with E-state index in [9.17, 15) is 18.2 Å². The highest BCUT2D eigenvalue weighted by Crippen LogP contribution is 2.40. The molecule has 0 fully saturated rings. The molecule has 0 atom stereocenters. The van der Waals surface area contributed by atoms with Crippen LogP contribution in [-0.2, 0) is 26.0 Å². The van der Waals surface area contributed by atoms with Crippen molar-refractivity contribution in [2.24, 2.45) is 0 Å². The van der Waals surface area contributed by atoms with Gasteiger partial charge in [0.05, 0.1) is 22.3 Å². The summed E-state index contributed by atoms with van der Waals surface area (Å²) in [5.74, 6) is 0. The topological polar surface area (TPSA) is 106 Å². The van der Waals surface area contributed by atoms with E-state index in [4.69, 9.17) is 11.6 Å². The number of allylic oxidation sites excluding steroid dienone is 7. The second kappa shape index (κ2) is 16.0. The lowest BCUT2D eigenvalue weighted by atomic mass is 9.93. The summed E-state index contributed by atoms with van der Waals surface area (Å²) < 4.78 is 42.7. The molecule has 0 saturated carbocycles. The Morgan fingerprint density at radius 3 is 2.45 bits per heavy atom. The Bertz CT molecular complexity index is 2500. The zero-order valence-corrected chi connectivity index (χ0v) is 31.8. The third-order valence-corrected chi connectivity index (χ3v) is 11.8. The lowest BCUT2D eigenvalue weighted by Crippen LogP contribution is -2.37. The van der Waals surface area contributed by atoms with Crippen molar-refractivity contribution in [2.75, 3.05) is 11.4 Å². The molecular weight excluding hydrogens is 728 g/mol. The molecule has 11 heteroatoms. The average Bonchev–Trinajstić information content (AvgIpc) is 3.16. The van der Waals surface area contributed by atoms with Gasteiger partial charge in [-0.15, -0.1) is 0 Å². The van der Waals surface area contributed by atoms with Crippen molar-refractivity contribution in [3.63, 3.8) is 0 Å². The highest BCUT2D eigenvalue weighted by atomic mass is 35.5. The van der Waals surface area contributed by atoms with Gasteiger partial charge in [0.15, 0.2) is 0 Å². The number of pyridine rings is 1. The van der Waals surface area contributed by atoms with Crippen LogP contribution in [-0.4, -0.2) is 19.5 Å². The molecule has 272 valence electrons. The van der Waals surface area contributed by atoms with E-state index in [0.29, 0.717) is 5.39 Å². The van der Waals surface area contributed by atoms with Crippen molar-refractivity contribution in [1.82, 2.24) is 0 Å². The Morgan fingerprint density at radius 1 is 0.868 bits per heavy atom. The first-order valence-electron chi connectivity index (χ1n) is 17.7. The number of hydrogen-bond donors (Lipinski definition) is 0. The molecule has 0 spiro atoms. The Kier molecular flexibility index (Phi) is 11.2. The largest absolute Gasteiger partial charge is 0.744 e. The molecule has 0 unspecified atom stereocenters. The summed E-state index contributed by atoms with van der Waals surface area (Å²) in [4.78, 5) is 2.93. The van der Waals surface area contributed by atoms with Gasteiger partial charge in [-0.3, -0.25) is 5.04 Å². The van der Waals surface area contributed by atoms with E-state index in [1.165, 1.54) is 6.07 Å². The molecule has 4 aromatic carbocycles. The summed E-state index contributed by atoms with van der Waals surface area (Å²) in [5, 5.41) is 18.9. The lowest BCUT2D eigenvalue weighted by Gasteiger charge is -2.31. The third-order valence-electron chi connectivity index (χ3n) is 9.81. The summed E-state index contributed by atoms with van der Waals surface area (Å²) in [6.45, 7) is 5.90. The number of anilines is 1. The maximum atomic E-state index is 12.0. The van der Waals surface area contributed by atoms with E-state index in [1.54, 1.807) is 12.1 Å². The number of rotatable bonds is 11. The molecule has 0 saturated heterocycles. The van der Waals surface area contributed by atoms with E-state index in [-0.39, 0.29) is 4.90 Å². The minimum absolute atomic E-state index is 0.202. The molecule has 2 heterocycles. The van der Waals surface area contributed by atoms with Crippen LogP contribution < -0.4 is 14.7 Å². The van der Waals surface area contributed by atoms with Gasteiger partial charge in [0.25, 0.3) is 0 Å². The normalized spacial score (nSPS) is 16.7. The zero-order chi connectivity index (χ0) is 37.1. The molecule has 0 bridgehead atoms. The Hall–Kier alpha value is -4.26. The predicted molar refractivity (Wildman–Crippen MR) is 210 cm³/mol. The van der Waals surface area contributed by atoms with Crippen molar-refractivity contribution >= 4 is 84.0 Å². The molecule has 1 aliphatic carbocycles. The van der Waals surface area contributed by atoms with Crippen LogP contribution in [0.15, 0.2) is 129 Å². The molecule has 5 aromatic rings. The second-order valence-electron chi connectivity index (χ2n) is 13.1. The second-order valence-corrected chi connectivity index (χ2v) is 15.5. The summed E-state index contributed by atoms with van der Waals surface area (Å²) in [7, 11) is -4.61. The van der Waals surface area contributed by atoms with Crippen LogP contribution in [0.2, 0.25) is 0 Å². The van der Waals surface area contributed by atoms with Gasteiger partial charge in [-0.2, -0.15) is 8.90 Å². The Morgan fingerprint density at radius 2 is 1.66 bits per heavy atom. The number of nitrogens with zero attached hydrogens (tertiary/aromatic N) is 2. The Balaban J connectivity index is 1.20. The SMILES string of the molecule is CCCN1/C(=C/C=C2\CCCC(/C=C/c3ccc4c5cccc(S(=O)(=O)[O-])c5ccc4[n+]3CCC)=C2Cl)C=Cc2c1ccc1c(SOO[O-])cccc21. The van der Waals surface area contributed by atoms with Crippen molar-refractivity contribution in [3.05, 3.63) is 130 Å². The molecule has 2 aliphatic rings. The van der Waals surface area contributed by atoms with Gasteiger partial charge in [0.2, 0.25) is 11.2 Å². The van der Waals surface area contributed by atoms with Crippen molar-refractivity contribution in [1.29, 1.82) is 0 Å². The summed E-state index contributed by atoms with van der Waals surface area (Å²) in [5.41, 5.74) is 7.45. The quantitative estimate of drug-likeness (QED) is 0.0327. The van der Waals surface area contributed by atoms with Crippen LogP contribution >= 0.6 is 23.6 Å². The number of aromatic nitrogens is 1. The number of halogens is 1. The van der Waals surface area contributed by atoms with Gasteiger partial charge in [0, 0.05) is 63.4 Å². The molecule has 8 nitrogen and oxygen atoms in total. The van der Waals surface area contributed by atoms with E-state index in [1.807, 2.05) is 36.4 Å². The van der Waals surface area contributed by atoms with Crippen LogP contribution in [0.25, 0.3) is 44.6 Å². The molecular formula is C42H38ClN2O6S2-. The fourth-order valence-corrected chi connectivity index (χ4v) is 8.97. The van der Waals surface area contributed by atoms with Crippen LogP contribution in [0.1, 0.15) is 57.2 Å². The van der Waals surface area contributed by atoms with E-state index in [2.05, 4.69) is 87.3 Å². The minimum atomic E-state index is -4.61. The molecule has 1 aliphatic heterocycles. The highest BCUT2D eigenvalue weighted by molar-refractivity contribution is 7.94. The van der Waals surface area contributed by atoms with Gasteiger partial charge < -0.3 is 14.7 Å². The first-order chi connectivity index (χ1) is 25.7. The van der Waals surface area contributed by atoms with Crippen LogP contribution in [0.3, 0.4) is 0 Å². The summed E-state index contributed by atoms with van der Waals surface area (Å²) >= 11 is 8.02. The average molecular weight is 766 g/mol. The third kappa shape index (κ3) is 7.46. The van der Waals surface area contributed by atoms with Crippen LogP contribution in [0.4, 0.5) is 5.69 Å². The Labute approximate surface area is 318 Å². The standard InChI is InChI=1S/C42H39ClN2O6S2/c1-3-26-44-30(18-20-34-32-10-6-12-40(52-51-50-46)36(32)22-24-38(34)44)16-14-28-8-5-9-29(42(28)43)15-17-31-19-21-35-33-11-7-13-41(53(47,48)49)37(33)23-25-39(35)45(31)27-4-2/h6-7,10-25H,3-5,8-9,26-27H2,1-2H3,(H-,46,47,48,49)/p-1. The maximum absolute atomic E-state index is 12.0. The fraction of sp³-hybridized carbons (Fsp3) is 0.214. The molecule has 0 radical (unpaired) electrons. The zero-order valence-electron chi connectivity index (χ0n) is 29.4. The smallest absolute Gasteiger partial charge is 0.213 e. The first kappa shape index (κ1) is 37.1. The van der Waals surface area contributed by atoms with Crippen LogP contribution in [0, 0.1) is 0 Å². The molecule has 0 amide bonds. The molecule has 53 heavy (non-hydrogen) atoms. The van der Waals surface area contributed by atoms with Gasteiger partial charge in [0.1, 0.15) is 16.7 Å². The fourth-order valence-electron chi connectivity index (χ4n) is 7.46. The predicted octanol–water partition coefficient (Wildman–Crippen LogP) is 9.42. The minimum Gasteiger partial charge on any atom is -0.744 e. The number of fused-ring (bicyclic) bond motifs is 6. The van der Waals surface area contributed by atoms with Crippen molar-refractivity contribution in [2.45, 2.75) is 62.3 Å². The number of hydrogen-bond acceptors (Lipinski definition) is 8. The van der Waals surface area contributed by atoms with Gasteiger partial charge in [-0.05, 0) is 95.5 Å². The lowest BCUT2D eigenvalue weighted by molar-refractivity contribution is -0.777. The maximum Gasteiger partial charge on any atom is 0.213 e. The highest BCUT2D eigenvalue weighted by Gasteiger charge is 2.21. The van der Waals surface area contributed by atoms with E-state index < -0.39 is 10.1 Å². The van der Waals surface area contributed by atoms with Crippen molar-refractivity contribution in [3.8, 4) is 0 Å². The van der Waals surface area contributed by atoms with Gasteiger partial charge in [-0.1, -0.05) is 74.0 Å². The van der Waals surface area contributed by atoms with E-state index in [0.717, 1.165) is 128 Å². The molecule has 0 N–H and O–H groups in total.